The number of pyridine rings is 1. The third-order valence-corrected chi connectivity index (χ3v) is 4.93. The van der Waals surface area contributed by atoms with Gasteiger partial charge in [-0.3, -0.25) is 9.55 Å². The summed E-state index contributed by atoms with van der Waals surface area (Å²) >= 11 is 6.45. The molecule has 29 heavy (non-hydrogen) atoms. The van der Waals surface area contributed by atoms with Gasteiger partial charge in [0.1, 0.15) is 22.9 Å². The number of hydrogen-bond acceptors (Lipinski definition) is 5. The fourth-order valence-corrected chi connectivity index (χ4v) is 3.47. The Labute approximate surface area is 174 Å². The minimum Gasteiger partial charge on any atom is -0.494 e. The zero-order chi connectivity index (χ0) is 20.2. The molecule has 0 amide bonds. The van der Waals surface area contributed by atoms with Crippen LogP contribution in [-0.4, -0.2) is 51.7 Å². The van der Waals surface area contributed by atoms with Crippen molar-refractivity contribution in [2.75, 3.05) is 27.2 Å². The van der Waals surface area contributed by atoms with Gasteiger partial charge in [-0.05, 0) is 50.3 Å². The van der Waals surface area contributed by atoms with E-state index in [2.05, 4.69) is 33.9 Å². The van der Waals surface area contributed by atoms with Gasteiger partial charge in [0.05, 0.1) is 23.9 Å². The molecule has 0 atom stereocenters. The van der Waals surface area contributed by atoms with Crippen molar-refractivity contribution < 1.29 is 4.74 Å². The zero-order valence-corrected chi connectivity index (χ0v) is 17.2. The smallest absolute Gasteiger partial charge is 0.150 e. The highest BCUT2D eigenvalue weighted by Crippen LogP contribution is 2.35. The van der Waals surface area contributed by atoms with Crippen LogP contribution in [0, 0.1) is 0 Å². The highest BCUT2D eigenvalue weighted by molar-refractivity contribution is 6.35. The molecule has 0 aliphatic heterocycles. The van der Waals surface area contributed by atoms with Gasteiger partial charge in [0, 0.05) is 24.5 Å². The lowest BCUT2D eigenvalue weighted by Crippen LogP contribution is -2.15. The van der Waals surface area contributed by atoms with Crippen LogP contribution >= 0.6 is 11.6 Å². The zero-order valence-electron chi connectivity index (χ0n) is 16.4. The van der Waals surface area contributed by atoms with Crippen molar-refractivity contribution in [2.45, 2.75) is 6.42 Å². The minimum atomic E-state index is 0.427. The Kier molecular flexibility index (Phi) is 5.74. The van der Waals surface area contributed by atoms with Crippen molar-refractivity contribution in [1.29, 1.82) is 0 Å². The summed E-state index contributed by atoms with van der Waals surface area (Å²) in [6.45, 7) is 1.70. The monoisotopic (exact) mass is 407 g/mol. The number of ether oxygens (including phenoxy) is 1. The molecule has 0 bridgehead atoms. The lowest BCUT2D eigenvalue weighted by molar-refractivity contribution is 0.281. The maximum Gasteiger partial charge on any atom is 0.150 e. The second kappa shape index (κ2) is 8.59. The third-order valence-electron chi connectivity index (χ3n) is 4.64. The van der Waals surface area contributed by atoms with Gasteiger partial charge in [-0.15, -0.1) is 0 Å². The Morgan fingerprint density at radius 2 is 1.93 bits per heavy atom. The molecule has 1 aromatic carbocycles. The summed E-state index contributed by atoms with van der Waals surface area (Å²) < 4.78 is 7.83. The van der Waals surface area contributed by atoms with Crippen LogP contribution in [0.4, 0.5) is 0 Å². The predicted molar refractivity (Wildman–Crippen MR) is 116 cm³/mol. The summed E-state index contributed by atoms with van der Waals surface area (Å²) in [5.41, 5.74) is 3.65. The first-order valence-corrected chi connectivity index (χ1v) is 9.81. The SMILES string of the molecule is CN(C)CCCOc1ccc(-c2cn(-c3cccnc3)c3ncnc(Cl)c23)cc1. The molecule has 4 aromatic rings. The number of nitrogens with zero attached hydrogens (tertiary/aromatic N) is 5. The van der Waals surface area contributed by atoms with Gasteiger partial charge < -0.3 is 9.64 Å². The molecule has 0 fully saturated rings. The first-order valence-electron chi connectivity index (χ1n) is 9.43. The highest BCUT2D eigenvalue weighted by atomic mass is 35.5. The van der Waals surface area contributed by atoms with E-state index in [4.69, 9.17) is 16.3 Å². The van der Waals surface area contributed by atoms with Gasteiger partial charge in [-0.25, -0.2) is 9.97 Å². The van der Waals surface area contributed by atoms with E-state index in [9.17, 15) is 0 Å². The minimum absolute atomic E-state index is 0.427. The van der Waals surface area contributed by atoms with Crippen LogP contribution in [0.5, 0.6) is 5.75 Å². The summed E-state index contributed by atoms with van der Waals surface area (Å²) in [5, 5.41) is 1.24. The fraction of sp³-hybridized carbons (Fsp3) is 0.227. The van der Waals surface area contributed by atoms with E-state index in [1.165, 1.54) is 6.33 Å². The highest BCUT2D eigenvalue weighted by Gasteiger charge is 2.16. The third kappa shape index (κ3) is 4.23. The van der Waals surface area contributed by atoms with E-state index in [1.54, 1.807) is 12.4 Å². The Bertz CT molecular complexity index is 1090. The van der Waals surface area contributed by atoms with Crippen molar-refractivity contribution in [1.82, 2.24) is 24.4 Å². The molecule has 0 unspecified atom stereocenters. The van der Waals surface area contributed by atoms with Gasteiger partial charge in [0.25, 0.3) is 0 Å². The summed E-state index contributed by atoms with van der Waals surface area (Å²) in [4.78, 5) is 15.0. The second-order valence-corrected chi connectivity index (χ2v) is 7.37. The molecule has 3 heterocycles. The van der Waals surface area contributed by atoms with E-state index < -0.39 is 0 Å². The van der Waals surface area contributed by atoms with Crippen LogP contribution in [0.1, 0.15) is 6.42 Å². The van der Waals surface area contributed by atoms with Crippen LogP contribution in [0.3, 0.4) is 0 Å². The number of fused-ring (bicyclic) bond motifs is 1. The van der Waals surface area contributed by atoms with E-state index in [-0.39, 0.29) is 0 Å². The molecule has 0 saturated carbocycles. The topological polar surface area (TPSA) is 56.1 Å². The average Bonchev–Trinajstić information content (AvgIpc) is 3.13. The largest absolute Gasteiger partial charge is 0.494 e. The lowest BCUT2D eigenvalue weighted by atomic mass is 10.1. The lowest BCUT2D eigenvalue weighted by Gasteiger charge is -2.10. The molecule has 0 N–H and O–H groups in total. The molecule has 0 saturated heterocycles. The number of benzene rings is 1. The Morgan fingerprint density at radius 3 is 2.66 bits per heavy atom. The van der Waals surface area contributed by atoms with Crippen LogP contribution in [0.25, 0.3) is 27.8 Å². The number of halogens is 1. The maximum absolute atomic E-state index is 6.45. The molecular formula is C22H22ClN5O. The molecule has 7 heteroatoms. The molecule has 0 aliphatic rings. The normalized spacial score (nSPS) is 11.3. The molecule has 6 nitrogen and oxygen atoms in total. The summed E-state index contributed by atoms with van der Waals surface area (Å²) in [5.74, 6) is 0.853. The number of hydrogen-bond donors (Lipinski definition) is 0. The molecule has 3 aromatic heterocycles. The Morgan fingerprint density at radius 1 is 1.10 bits per heavy atom. The van der Waals surface area contributed by atoms with Crippen molar-refractivity contribution in [3.8, 4) is 22.6 Å². The summed E-state index contributed by atoms with van der Waals surface area (Å²) in [7, 11) is 4.12. The van der Waals surface area contributed by atoms with Crippen molar-refractivity contribution >= 4 is 22.6 Å². The standard InChI is InChI=1S/C22H22ClN5O/c1-27(2)11-4-12-29-18-8-6-16(7-9-18)19-14-28(17-5-3-10-24-13-17)22-20(19)21(23)25-15-26-22/h3,5-10,13-15H,4,11-12H2,1-2H3. The van der Waals surface area contributed by atoms with Gasteiger partial charge in [0.15, 0.2) is 0 Å². The molecule has 4 rings (SSSR count). The first-order chi connectivity index (χ1) is 14.1. The molecule has 0 aliphatic carbocycles. The van der Waals surface area contributed by atoms with Gasteiger partial charge >= 0.3 is 0 Å². The van der Waals surface area contributed by atoms with E-state index in [0.29, 0.717) is 11.8 Å². The summed E-state index contributed by atoms with van der Waals surface area (Å²) in [6.07, 6.45) is 8.03. The van der Waals surface area contributed by atoms with Crippen molar-refractivity contribution in [3.05, 3.63) is 66.5 Å². The van der Waals surface area contributed by atoms with Crippen LogP contribution in [0.15, 0.2) is 61.3 Å². The maximum atomic E-state index is 6.45. The van der Waals surface area contributed by atoms with E-state index in [0.717, 1.165) is 46.6 Å². The van der Waals surface area contributed by atoms with Crippen molar-refractivity contribution in [2.24, 2.45) is 0 Å². The van der Waals surface area contributed by atoms with Gasteiger partial charge in [-0.2, -0.15) is 0 Å². The molecule has 0 radical (unpaired) electrons. The Hall–Kier alpha value is -2.96. The number of rotatable bonds is 7. The fourth-order valence-electron chi connectivity index (χ4n) is 3.24. The average molecular weight is 408 g/mol. The molecule has 0 spiro atoms. The van der Waals surface area contributed by atoms with Crippen LogP contribution in [-0.2, 0) is 0 Å². The van der Waals surface area contributed by atoms with E-state index >= 15 is 0 Å². The predicted octanol–water partition coefficient (Wildman–Crippen LogP) is 4.47. The molecule has 148 valence electrons. The first kappa shape index (κ1) is 19.4. The quantitative estimate of drug-likeness (QED) is 0.334. The van der Waals surface area contributed by atoms with E-state index in [1.807, 2.05) is 47.2 Å². The van der Waals surface area contributed by atoms with Gasteiger partial charge in [-0.1, -0.05) is 23.7 Å². The number of aromatic nitrogens is 4. The van der Waals surface area contributed by atoms with Crippen molar-refractivity contribution in [3.63, 3.8) is 0 Å². The van der Waals surface area contributed by atoms with Gasteiger partial charge in [0.2, 0.25) is 0 Å². The summed E-state index contributed by atoms with van der Waals surface area (Å²) in [6, 6.07) is 11.9. The second-order valence-electron chi connectivity index (χ2n) is 7.02. The molecular weight excluding hydrogens is 386 g/mol. The van der Waals surface area contributed by atoms with Crippen LogP contribution in [0.2, 0.25) is 5.15 Å². The van der Waals surface area contributed by atoms with Crippen LogP contribution < -0.4 is 4.74 Å². The Balaban J connectivity index is 1.66.